The van der Waals surface area contributed by atoms with Gasteiger partial charge in [0, 0.05) is 23.7 Å². The number of benzene rings is 1. The van der Waals surface area contributed by atoms with Gasteiger partial charge in [0.15, 0.2) is 0 Å². The lowest BCUT2D eigenvalue weighted by molar-refractivity contribution is 0.869. The number of nitrogens with one attached hydrogen (secondary N) is 1. The zero-order chi connectivity index (χ0) is 13.1. The molecular weight excluding hydrogens is 250 g/mol. The second-order valence-electron chi connectivity index (χ2n) is 4.08. The molecule has 18 heavy (non-hydrogen) atoms. The van der Waals surface area contributed by atoms with Gasteiger partial charge in [0.05, 0.1) is 5.56 Å². The Hall–Kier alpha value is -1.65. The molecule has 1 aromatic heterocycles. The van der Waals surface area contributed by atoms with Gasteiger partial charge in [-0.3, -0.25) is 4.79 Å². The Kier molecular flexibility index (Phi) is 3.79. The molecule has 0 aliphatic heterocycles. The van der Waals surface area contributed by atoms with E-state index >= 15 is 0 Å². The lowest BCUT2D eigenvalue weighted by Gasteiger charge is -2.05. The molecule has 1 aromatic carbocycles. The van der Waals surface area contributed by atoms with E-state index in [1.165, 1.54) is 0 Å². The number of aromatic amines is 1. The molecule has 1 heterocycles. The monoisotopic (exact) mass is 263 g/mol. The summed E-state index contributed by atoms with van der Waals surface area (Å²) in [6.45, 7) is 2.00. The van der Waals surface area contributed by atoms with Gasteiger partial charge in [-0.15, -0.1) is 0 Å². The summed E-state index contributed by atoms with van der Waals surface area (Å²) in [5.41, 5.74) is 7.60. The van der Waals surface area contributed by atoms with E-state index in [4.69, 9.17) is 17.3 Å². The molecule has 0 aliphatic rings. The number of halogens is 1. The summed E-state index contributed by atoms with van der Waals surface area (Å²) in [6.07, 6.45) is 0.568. The fourth-order valence-corrected chi connectivity index (χ4v) is 1.91. The Morgan fingerprint density at radius 3 is 2.56 bits per heavy atom. The first-order valence-corrected chi connectivity index (χ1v) is 6.01. The van der Waals surface area contributed by atoms with Crippen molar-refractivity contribution in [1.82, 2.24) is 9.97 Å². The lowest BCUT2D eigenvalue weighted by atomic mass is 10.1. The average Bonchev–Trinajstić information content (AvgIpc) is 2.32. The van der Waals surface area contributed by atoms with Crippen LogP contribution in [0.5, 0.6) is 0 Å². The first-order chi connectivity index (χ1) is 8.60. The highest BCUT2D eigenvalue weighted by Gasteiger charge is 2.06. The van der Waals surface area contributed by atoms with Crippen molar-refractivity contribution in [1.29, 1.82) is 0 Å². The second kappa shape index (κ2) is 5.33. The van der Waals surface area contributed by atoms with E-state index in [0.717, 1.165) is 5.56 Å². The largest absolute Gasteiger partial charge is 0.326 e. The van der Waals surface area contributed by atoms with Gasteiger partial charge in [0.2, 0.25) is 0 Å². The molecule has 0 amide bonds. The molecule has 94 valence electrons. The number of nitrogens with two attached hydrogens (primary N) is 1. The molecule has 4 nitrogen and oxygen atoms in total. The van der Waals surface area contributed by atoms with Crippen LogP contribution in [0.1, 0.15) is 22.6 Å². The third-order valence-electron chi connectivity index (χ3n) is 2.76. The molecular formula is C13H14ClN3O. The van der Waals surface area contributed by atoms with Gasteiger partial charge in [-0.05, 0) is 24.6 Å². The molecule has 5 heteroatoms. The van der Waals surface area contributed by atoms with Crippen LogP contribution in [0.2, 0.25) is 5.02 Å². The van der Waals surface area contributed by atoms with Gasteiger partial charge < -0.3 is 10.7 Å². The summed E-state index contributed by atoms with van der Waals surface area (Å²) >= 11 is 5.82. The summed E-state index contributed by atoms with van der Waals surface area (Å²) in [6, 6.07) is 7.45. The maximum Gasteiger partial charge on any atom is 0.255 e. The van der Waals surface area contributed by atoms with Crippen molar-refractivity contribution in [2.45, 2.75) is 19.9 Å². The van der Waals surface area contributed by atoms with E-state index in [0.29, 0.717) is 28.5 Å². The highest BCUT2D eigenvalue weighted by atomic mass is 35.5. The predicted octanol–water partition coefficient (Wildman–Crippen LogP) is 1.78. The van der Waals surface area contributed by atoms with Gasteiger partial charge in [-0.1, -0.05) is 23.7 Å². The van der Waals surface area contributed by atoms with Crippen molar-refractivity contribution in [3.63, 3.8) is 0 Å². The number of nitrogens with zero attached hydrogens (tertiary/aromatic N) is 1. The van der Waals surface area contributed by atoms with Crippen molar-refractivity contribution in [2.24, 2.45) is 5.73 Å². The Balaban J connectivity index is 2.30. The summed E-state index contributed by atoms with van der Waals surface area (Å²) in [4.78, 5) is 18.8. The van der Waals surface area contributed by atoms with Gasteiger partial charge in [-0.25, -0.2) is 4.98 Å². The molecule has 2 rings (SSSR count). The molecule has 0 fully saturated rings. The normalized spacial score (nSPS) is 10.6. The highest BCUT2D eigenvalue weighted by Crippen LogP contribution is 2.11. The maximum atomic E-state index is 11.7. The van der Waals surface area contributed by atoms with E-state index < -0.39 is 0 Å². The Labute approximate surface area is 110 Å². The summed E-state index contributed by atoms with van der Waals surface area (Å²) in [5, 5.41) is 0.690. The van der Waals surface area contributed by atoms with E-state index in [1.807, 2.05) is 24.3 Å². The molecule has 0 atom stereocenters. The lowest BCUT2D eigenvalue weighted by Crippen LogP contribution is -2.21. The standard InChI is InChI=1S/C13H14ClN3O/c1-8-11(7-15)13(18)17-12(16-8)6-9-2-4-10(14)5-3-9/h2-5H,6-7,15H2,1H3,(H,16,17,18). The van der Waals surface area contributed by atoms with Crippen LogP contribution in [0.25, 0.3) is 0 Å². The number of hydrogen-bond donors (Lipinski definition) is 2. The minimum atomic E-state index is -0.158. The van der Waals surface area contributed by atoms with Gasteiger partial charge >= 0.3 is 0 Å². The molecule has 2 aromatic rings. The van der Waals surface area contributed by atoms with Crippen LogP contribution < -0.4 is 11.3 Å². The van der Waals surface area contributed by atoms with Crippen LogP contribution in [0.3, 0.4) is 0 Å². The van der Waals surface area contributed by atoms with Crippen LogP contribution in [0.4, 0.5) is 0 Å². The molecule has 0 bridgehead atoms. The fraction of sp³-hybridized carbons (Fsp3) is 0.231. The predicted molar refractivity (Wildman–Crippen MR) is 71.7 cm³/mol. The zero-order valence-electron chi connectivity index (χ0n) is 10.0. The molecule has 3 N–H and O–H groups in total. The van der Waals surface area contributed by atoms with Crippen molar-refractivity contribution in [3.05, 3.63) is 62.3 Å². The summed E-state index contributed by atoms with van der Waals surface area (Å²) < 4.78 is 0. The summed E-state index contributed by atoms with van der Waals surface area (Å²) in [7, 11) is 0. The van der Waals surface area contributed by atoms with Crippen LogP contribution >= 0.6 is 11.6 Å². The Morgan fingerprint density at radius 1 is 1.33 bits per heavy atom. The van der Waals surface area contributed by atoms with Crippen molar-refractivity contribution < 1.29 is 0 Å². The fourth-order valence-electron chi connectivity index (χ4n) is 1.79. The summed E-state index contributed by atoms with van der Waals surface area (Å²) in [5.74, 6) is 0.636. The molecule has 0 unspecified atom stereocenters. The minimum Gasteiger partial charge on any atom is -0.326 e. The average molecular weight is 264 g/mol. The van der Waals surface area contributed by atoms with E-state index in [1.54, 1.807) is 6.92 Å². The number of H-pyrrole nitrogens is 1. The number of aromatic nitrogens is 2. The SMILES string of the molecule is Cc1nc(Cc2ccc(Cl)cc2)[nH]c(=O)c1CN. The van der Waals surface area contributed by atoms with Crippen LogP contribution in [-0.4, -0.2) is 9.97 Å². The second-order valence-corrected chi connectivity index (χ2v) is 4.52. The zero-order valence-corrected chi connectivity index (χ0v) is 10.8. The number of aryl methyl sites for hydroxylation is 1. The molecule has 0 saturated carbocycles. The molecule has 0 saturated heterocycles. The van der Waals surface area contributed by atoms with E-state index in [9.17, 15) is 4.79 Å². The third kappa shape index (κ3) is 2.78. The third-order valence-corrected chi connectivity index (χ3v) is 3.01. The van der Waals surface area contributed by atoms with Crippen molar-refractivity contribution in [3.8, 4) is 0 Å². The Morgan fingerprint density at radius 2 is 2.00 bits per heavy atom. The minimum absolute atomic E-state index is 0.158. The molecule has 0 spiro atoms. The maximum absolute atomic E-state index is 11.7. The van der Waals surface area contributed by atoms with Crippen LogP contribution in [-0.2, 0) is 13.0 Å². The first-order valence-electron chi connectivity index (χ1n) is 5.63. The topological polar surface area (TPSA) is 71.8 Å². The number of hydrogen-bond acceptors (Lipinski definition) is 3. The van der Waals surface area contributed by atoms with Crippen LogP contribution in [0, 0.1) is 6.92 Å². The van der Waals surface area contributed by atoms with Gasteiger partial charge in [-0.2, -0.15) is 0 Å². The van der Waals surface area contributed by atoms with Crippen molar-refractivity contribution >= 4 is 11.6 Å². The number of rotatable bonds is 3. The Bertz CT molecular complexity index is 605. The van der Waals surface area contributed by atoms with E-state index in [-0.39, 0.29) is 12.1 Å². The van der Waals surface area contributed by atoms with Gasteiger partial charge in [0.25, 0.3) is 5.56 Å². The molecule has 0 aliphatic carbocycles. The highest BCUT2D eigenvalue weighted by molar-refractivity contribution is 6.30. The van der Waals surface area contributed by atoms with Crippen molar-refractivity contribution in [2.75, 3.05) is 0 Å². The first kappa shape index (κ1) is 12.8. The smallest absolute Gasteiger partial charge is 0.255 e. The molecule has 0 radical (unpaired) electrons. The van der Waals surface area contributed by atoms with E-state index in [2.05, 4.69) is 9.97 Å². The van der Waals surface area contributed by atoms with Gasteiger partial charge in [0.1, 0.15) is 5.82 Å². The van der Waals surface area contributed by atoms with Crippen LogP contribution in [0.15, 0.2) is 29.1 Å². The quantitative estimate of drug-likeness (QED) is 0.887.